The molecule has 1 atom stereocenters. The highest BCUT2D eigenvalue weighted by atomic mass is 19.1. The van der Waals surface area contributed by atoms with E-state index in [0.717, 1.165) is 6.54 Å². The normalized spacial score (nSPS) is 13.7. The summed E-state index contributed by atoms with van der Waals surface area (Å²) in [4.78, 5) is 13.6. The molecule has 2 N–H and O–H groups in total. The first-order valence-corrected chi connectivity index (χ1v) is 8.24. The van der Waals surface area contributed by atoms with Gasteiger partial charge in [0.1, 0.15) is 17.7 Å². The van der Waals surface area contributed by atoms with Gasteiger partial charge in [-0.15, -0.1) is 0 Å². The number of aldehydes is 1. The number of aliphatic hydroxyl groups excluding tert-OH is 1. The number of halogens is 1. The molecule has 0 heterocycles. The van der Waals surface area contributed by atoms with Crippen molar-refractivity contribution in [1.29, 1.82) is 0 Å². The minimum absolute atomic E-state index is 0.297. The Balaban J connectivity index is 2.58. The van der Waals surface area contributed by atoms with Crippen molar-refractivity contribution in [2.24, 2.45) is 0 Å². The summed E-state index contributed by atoms with van der Waals surface area (Å²) in [7, 11) is 3.88. The maximum absolute atomic E-state index is 13.3. The van der Waals surface area contributed by atoms with Crippen LogP contribution in [0.5, 0.6) is 0 Å². The summed E-state index contributed by atoms with van der Waals surface area (Å²) in [6, 6.07) is 10.6. The quantitative estimate of drug-likeness (QED) is 0.722. The molecule has 4 nitrogen and oxygen atoms in total. The molecule has 0 aliphatic rings. The Kier molecular flexibility index (Phi) is 6.42. The van der Waals surface area contributed by atoms with Crippen molar-refractivity contribution in [2.75, 3.05) is 20.6 Å². The number of rotatable bonds is 8. The van der Waals surface area contributed by atoms with E-state index < -0.39 is 11.4 Å². The molecule has 0 aliphatic heterocycles. The van der Waals surface area contributed by atoms with Crippen LogP contribution >= 0.6 is 0 Å². The van der Waals surface area contributed by atoms with E-state index >= 15 is 0 Å². The minimum Gasteiger partial charge on any atom is -0.392 e. The van der Waals surface area contributed by atoms with Crippen LogP contribution in [0.1, 0.15) is 39.9 Å². The zero-order valence-electron chi connectivity index (χ0n) is 14.6. The molecule has 0 saturated carbocycles. The van der Waals surface area contributed by atoms with Crippen LogP contribution in [0.4, 0.5) is 4.39 Å². The highest BCUT2D eigenvalue weighted by molar-refractivity contribution is 5.79. The molecule has 5 heteroatoms. The van der Waals surface area contributed by atoms with Gasteiger partial charge in [-0.05, 0) is 56.7 Å². The SMILES string of the molecule is CN(C)CCCC(O)(c1ccc(F)cc1)c1c(C=O)cccc1CO. The second kappa shape index (κ2) is 8.34. The van der Waals surface area contributed by atoms with E-state index in [2.05, 4.69) is 0 Å². The van der Waals surface area contributed by atoms with E-state index in [4.69, 9.17) is 0 Å². The minimum atomic E-state index is -1.49. The summed E-state index contributed by atoms with van der Waals surface area (Å²) in [5.41, 5.74) is 0.207. The highest BCUT2D eigenvalue weighted by Gasteiger charge is 2.35. The molecule has 0 amide bonds. The zero-order valence-corrected chi connectivity index (χ0v) is 14.6. The van der Waals surface area contributed by atoms with Crippen molar-refractivity contribution in [1.82, 2.24) is 4.90 Å². The van der Waals surface area contributed by atoms with Gasteiger partial charge in [-0.1, -0.05) is 30.3 Å². The number of carbonyl (C=O) groups is 1. The van der Waals surface area contributed by atoms with Gasteiger partial charge in [-0.25, -0.2) is 4.39 Å². The molecular weight excluding hydrogens is 321 g/mol. The molecule has 0 spiro atoms. The largest absolute Gasteiger partial charge is 0.392 e. The third-order valence-electron chi connectivity index (χ3n) is 4.36. The first-order chi connectivity index (χ1) is 11.9. The van der Waals surface area contributed by atoms with Crippen LogP contribution in [-0.2, 0) is 12.2 Å². The van der Waals surface area contributed by atoms with Crippen molar-refractivity contribution in [3.63, 3.8) is 0 Å². The lowest BCUT2D eigenvalue weighted by molar-refractivity contribution is 0.0628. The van der Waals surface area contributed by atoms with Crippen molar-refractivity contribution in [3.8, 4) is 0 Å². The Labute approximate surface area is 147 Å². The van der Waals surface area contributed by atoms with Gasteiger partial charge in [0.2, 0.25) is 0 Å². The molecule has 1 unspecified atom stereocenters. The standard InChI is InChI=1S/C20H24FNO3/c1-22(2)12-4-11-20(25,17-7-9-18(21)10-8-17)19-15(13-23)5-3-6-16(19)14-24/h3,5-10,13,24-25H,4,11-12,14H2,1-2H3. The van der Waals surface area contributed by atoms with Gasteiger partial charge >= 0.3 is 0 Å². The molecule has 2 aromatic carbocycles. The molecule has 0 aliphatic carbocycles. The third kappa shape index (κ3) is 4.31. The number of benzene rings is 2. The molecule has 0 fully saturated rings. The van der Waals surface area contributed by atoms with Crippen LogP contribution in [0.2, 0.25) is 0 Å². The Morgan fingerprint density at radius 3 is 2.40 bits per heavy atom. The van der Waals surface area contributed by atoms with E-state index in [1.807, 2.05) is 19.0 Å². The predicted molar refractivity (Wildman–Crippen MR) is 94.9 cm³/mol. The van der Waals surface area contributed by atoms with Gasteiger partial charge < -0.3 is 15.1 Å². The monoisotopic (exact) mass is 345 g/mol. The maximum Gasteiger partial charge on any atom is 0.150 e. The van der Waals surface area contributed by atoms with E-state index in [0.29, 0.717) is 41.4 Å². The van der Waals surface area contributed by atoms with Crippen LogP contribution in [-0.4, -0.2) is 42.0 Å². The molecule has 0 bridgehead atoms. The van der Waals surface area contributed by atoms with Crippen LogP contribution in [0, 0.1) is 5.82 Å². The Morgan fingerprint density at radius 1 is 1.16 bits per heavy atom. The fraction of sp³-hybridized carbons (Fsp3) is 0.350. The summed E-state index contributed by atoms with van der Waals surface area (Å²) < 4.78 is 13.3. The molecular formula is C20H24FNO3. The molecule has 0 radical (unpaired) electrons. The van der Waals surface area contributed by atoms with Crippen molar-refractivity contribution in [2.45, 2.75) is 25.0 Å². The first kappa shape index (κ1) is 19.2. The van der Waals surface area contributed by atoms with Gasteiger partial charge in [0.15, 0.2) is 0 Å². The second-order valence-electron chi connectivity index (χ2n) is 6.43. The molecule has 134 valence electrons. The average Bonchev–Trinajstić information content (AvgIpc) is 2.61. The molecule has 25 heavy (non-hydrogen) atoms. The number of carbonyl (C=O) groups excluding carboxylic acids is 1. The van der Waals surface area contributed by atoms with Crippen molar-refractivity contribution < 1.29 is 19.4 Å². The van der Waals surface area contributed by atoms with Gasteiger partial charge in [0, 0.05) is 11.1 Å². The lowest BCUT2D eigenvalue weighted by Crippen LogP contribution is -2.31. The van der Waals surface area contributed by atoms with E-state index in [9.17, 15) is 19.4 Å². The fourth-order valence-electron chi connectivity index (χ4n) is 3.14. The van der Waals surface area contributed by atoms with Gasteiger partial charge in [-0.3, -0.25) is 4.79 Å². The number of nitrogens with zero attached hydrogens (tertiary/aromatic N) is 1. The first-order valence-electron chi connectivity index (χ1n) is 8.24. The predicted octanol–water partition coefficient (Wildman–Crippen LogP) is 2.71. The zero-order chi connectivity index (χ0) is 18.4. The summed E-state index contributed by atoms with van der Waals surface area (Å²) >= 11 is 0. The van der Waals surface area contributed by atoms with Crippen molar-refractivity contribution >= 4 is 6.29 Å². The molecule has 0 aromatic heterocycles. The topological polar surface area (TPSA) is 60.8 Å². The molecule has 2 rings (SSSR count). The highest BCUT2D eigenvalue weighted by Crippen LogP contribution is 2.38. The summed E-state index contributed by atoms with van der Waals surface area (Å²) in [6.07, 6.45) is 1.68. The van der Waals surface area contributed by atoms with Gasteiger partial charge in [0.25, 0.3) is 0 Å². The van der Waals surface area contributed by atoms with Gasteiger partial charge in [0.05, 0.1) is 6.61 Å². The molecule has 0 saturated heterocycles. The fourth-order valence-corrected chi connectivity index (χ4v) is 3.14. The van der Waals surface area contributed by atoms with Crippen molar-refractivity contribution in [3.05, 3.63) is 70.5 Å². The Bertz CT molecular complexity index is 715. The second-order valence-corrected chi connectivity index (χ2v) is 6.43. The summed E-state index contributed by atoms with van der Waals surface area (Å²) in [5.74, 6) is -0.398. The smallest absolute Gasteiger partial charge is 0.150 e. The van der Waals surface area contributed by atoms with Crippen LogP contribution in [0.15, 0.2) is 42.5 Å². The van der Waals surface area contributed by atoms with E-state index in [1.54, 1.807) is 18.2 Å². The average molecular weight is 345 g/mol. The van der Waals surface area contributed by atoms with Gasteiger partial charge in [-0.2, -0.15) is 0 Å². The third-order valence-corrected chi connectivity index (χ3v) is 4.36. The van der Waals surface area contributed by atoms with Crippen LogP contribution < -0.4 is 0 Å². The van der Waals surface area contributed by atoms with Crippen LogP contribution in [0.3, 0.4) is 0 Å². The van der Waals surface area contributed by atoms with E-state index in [1.165, 1.54) is 24.3 Å². The molecule has 2 aromatic rings. The number of aliphatic hydroxyl groups is 2. The van der Waals surface area contributed by atoms with Crippen LogP contribution in [0.25, 0.3) is 0 Å². The lowest BCUT2D eigenvalue weighted by Gasteiger charge is -2.33. The summed E-state index contributed by atoms with van der Waals surface area (Å²) in [5, 5.41) is 21.3. The lowest BCUT2D eigenvalue weighted by atomic mass is 9.78. The Hall–Kier alpha value is -2.08. The summed E-state index contributed by atoms with van der Waals surface area (Å²) in [6.45, 7) is 0.454. The van der Waals surface area contributed by atoms with E-state index in [-0.39, 0.29) is 6.61 Å². The maximum atomic E-state index is 13.3. The number of hydrogen-bond donors (Lipinski definition) is 2. The number of hydrogen-bond acceptors (Lipinski definition) is 4. The Morgan fingerprint density at radius 2 is 1.84 bits per heavy atom.